The Kier molecular flexibility index (Phi) is 3.71. The molecule has 1 aromatic heterocycles. The van der Waals surface area contributed by atoms with E-state index in [1.165, 1.54) is 0 Å². The van der Waals surface area contributed by atoms with Gasteiger partial charge in [0.1, 0.15) is 17.9 Å². The third-order valence-electron chi connectivity index (χ3n) is 3.46. The fraction of sp³-hybridized carbons (Fsp3) is 0.615. The molecular formula is C13H19N3O. The van der Waals surface area contributed by atoms with E-state index < -0.39 is 0 Å². The molecule has 17 heavy (non-hydrogen) atoms. The molecule has 1 saturated carbocycles. The van der Waals surface area contributed by atoms with Crippen molar-refractivity contribution in [2.24, 2.45) is 5.92 Å². The first-order valence-corrected chi connectivity index (χ1v) is 6.21. The zero-order valence-electron chi connectivity index (χ0n) is 10.4. The molecule has 0 saturated heterocycles. The highest BCUT2D eigenvalue weighted by atomic mass is 16.1. The van der Waals surface area contributed by atoms with Gasteiger partial charge in [0.05, 0.1) is 0 Å². The molecule has 0 amide bonds. The lowest BCUT2D eigenvalue weighted by Crippen LogP contribution is -2.28. The number of nitrogens with zero attached hydrogens (tertiary/aromatic N) is 2. The van der Waals surface area contributed by atoms with Gasteiger partial charge in [-0.15, -0.1) is 0 Å². The number of rotatable bonds is 3. The van der Waals surface area contributed by atoms with Gasteiger partial charge in [0, 0.05) is 23.7 Å². The number of hydrogen-bond acceptors (Lipinski definition) is 4. The van der Waals surface area contributed by atoms with Crippen LogP contribution >= 0.6 is 0 Å². The van der Waals surface area contributed by atoms with Crippen LogP contribution in [0.4, 0.5) is 5.82 Å². The molecule has 2 rings (SSSR count). The highest BCUT2D eigenvalue weighted by Gasteiger charge is 2.23. The van der Waals surface area contributed by atoms with Gasteiger partial charge in [0.25, 0.3) is 0 Å². The fourth-order valence-electron chi connectivity index (χ4n) is 2.39. The van der Waals surface area contributed by atoms with E-state index in [4.69, 9.17) is 0 Å². The first kappa shape index (κ1) is 12.0. The molecule has 0 aliphatic heterocycles. The van der Waals surface area contributed by atoms with Crippen molar-refractivity contribution in [3.05, 3.63) is 18.1 Å². The first-order valence-electron chi connectivity index (χ1n) is 6.21. The number of anilines is 1. The van der Waals surface area contributed by atoms with E-state index in [-0.39, 0.29) is 5.92 Å². The van der Waals surface area contributed by atoms with Crippen molar-refractivity contribution >= 4 is 11.6 Å². The summed E-state index contributed by atoms with van der Waals surface area (Å²) >= 11 is 0. The molecule has 0 bridgehead atoms. The number of hydrogen-bond donors (Lipinski definition) is 1. The fourth-order valence-corrected chi connectivity index (χ4v) is 2.39. The van der Waals surface area contributed by atoms with Crippen LogP contribution in [-0.4, -0.2) is 21.8 Å². The molecule has 0 unspecified atom stereocenters. The van der Waals surface area contributed by atoms with Crippen molar-refractivity contribution < 1.29 is 4.79 Å². The molecule has 4 heteroatoms. The summed E-state index contributed by atoms with van der Waals surface area (Å²) in [4.78, 5) is 19.5. The molecule has 0 spiro atoms. The minimum atomic E-state index is 0.278. The van der Waals surface area contributed by atoms with E-state index in [0.29, 0.717) is 11.8 Å². The largest absolute Gasteiger partial charge is 0.367 e. The topological polar surface area (TPSA) is 54.9 Å². The molecule has 1 aromatic rings. The Bertz CT molecular complexity index is 397. The van der Waals surface area contributed by atoms with Crippen LogP contribution in [-0.2, 0) is 4.79 Å². The molecule has 1 heterocycles. The van der Waals surface area contributed by atoms with Gasteiger partial charge < -0.3 is 5.32 Å². The van der Waals surface area contributed by atoms with Gasteiger partial charge in [0.15, 0.2) is 0 Å². The highest BCUT2D eigenvalue weighted by Crippen LogP contribution is 2.26. The smallest absolute Gasteiger partial charge is 0.132 e. The molecule has 1 aliphatic rings. The Hall–Kier alpha value is -1.45. The number of nitrogens with one attached hydrogen (secondary N) is 1. The molecule has 1 fully saturated rings. The summed E-state index contributed by atoms with van der Waals surface area (Å²) in [5.41, 5.74) is 0.972. The molecular weight excluding hydrogens is 214 g/mol. The summed E-state index contributed by atoms with van der Waals surface area (Å²) in [7, 11) is 0. The number of carbonyl (C=O) groups is 1. The predicted molar refractivity (Wildman–Crippen MR) is 66.8 cm³/mol. The Balaban J connectivity index is 1.88. The Morgan fingerprint density at radius 2 is 2.00 bits per heavy atom. The number of carbonyl (C=O) groups excluding carboxylic acids is 1. The van der Waals surface area contributed by atoms with Crippen molar-refractivity contribution in [2.45, 2.75) is 45.6 Å². The van der Waals surface area contributed by atoms with E-state index in [0.717, 1.165) is 37.2 Å². The summed E-state index contributed by atoms with van der Waals surface area (Å²) in [5.74, 6) is 1.50. The van der Waals surface area contributed by atoms with Crippen LogP contribution in [0.5, 0.6) is 0 Å². The monoisotopic (exact) mass is 233 g/mol. The van der Waals surface area contributed by atoms with Crippen molar-refractivity contribution in [3.63, 3.8) is 0 Å². The molecule has 4 nitrogen and oxygen atoms in total. The van der Waals surface area contributed by atoms with Crippen LogP contribution in [0.3, 0.4) is 0 Å². The van der Waals surface area contributed by atoms with Crippen molar-refractivity contribution in [3.8, 4) is 0 Å². The maximum Gasteiger partial charge on any atom is 0.132 e. The van der Waals surface area contributed by atoms with E-state index in [9.17, 15) is 4.79 Å². The minimum Gasteiger partial charge on any atom is -0.367 e. The van der Waals surface area contributed by atoms with E-state index in [1.54, 1.807) is 13.3 Å². The Labute approximate surface area is 102 Å². The van der Waals surface area contributed by atoms with E-state index >= 15 is 0 Å². The zero-order valence-corrected chi connectivity index (χ0v) is 10.4. The predicted octanol–water partition coefficient (Wildman–Crippen LogP) is 2.34. The van der Waals surface area contributed by atoms with Gasteiger partial charge in [-0.25, -0.2) is 9.97 Å². The van der Waals surface area contributed by atoms with Gasteiger partial charge in [-0.05, 0) is 39.5 Å². The summed E-state index contributed by atoms with van der Waals surface area (Å²) in [5, 5.41) is 3.42. The second-order valence-corrected chi connectivity index (χ2v) is 4.85. The standard InChI is InChI=1S/C13H19N3O/c1-9-7-13(15-8-14-9)16-12-5-3-11(4-6-12)10(2)17/h7-8,11-12H,3-6H2,1-2H3,(H,14,15,16)/t11-,12-. The molecule has 1 aliphatic carbocycles. The van der Waals surface area contributed by atoms with Gasteiger partial charge in [-0.2, -0.15) is 0 Å². The lowest BCUT2D eigenvalue weighted by molar-refractivity contribution is -0.121. The third kappa shape index (κ3) is 3.25. The van der Waals surface area contributed by atoms with Crippen LogP contribution in [0.2, 0.25) is 0 Å². The average molecular weight is 233 g/mol. The summed E-state index contributed by atoms with van der Waals surface area (Å²) in [6.07, 6.45) is 5.67. The Morgan fingerprint density at radius 1 is 1.29 bits per heavy atom. The highest BCUT2D eigenvalue weighted by molar-refractivity contribution is 5.78. The van der Waals surface area contributed by atoms with E-state index in [1.807, 2.05) is 13.0 Å². The van der Waals surface area contributed by atoms with Gasteiger partial charge >= 0.3 is 0 Å². The molecule has 0 atom stereocenters. The van der Waals surface area contributed by atoms with Crippen LogP contribution in [0.25, 0.3) is 0 Å². The van der Waals surface area contributed by atoms with Crippen LogP contribution in [0.1, 0.15) is 38.3 Å². The maximum absolute atomic E-state index is 11.3. The minimum absolute atomic E-state index is 0.278. The van der Waals surface area contributed by atoms with Crippen molar-refractivity contribution in [1.82, 2.24) is 9.97 Å². The summed E-state index contributed by atoms with van der Waals surface area (Å²) in [6.45, 7) is 3.66. The van der Waals surface area contributed by atoms with Gasteiger partial charge in [-0.1, -0.05) is 0 Å². The molecule has 0 aromatic carbocycles. The lowest BCUT2D eigenvalue weighted by atomic mass is 9.84. The SMILES string of the molecule is Cc1cc(N[C@H]2CC[C@H](C(C)=O)CC2)ncn1. The number of ketones is 1. The van der Waals surface area contributed by atoms with Crippen molar-refractivity contribution in [1.29, 1.82) is 0 Å². The summed E-state index contributed by atoms with van der Waals surface area (Å²) < 4.78 is 0. The van der Waals surface area contributed by atoms with E-state index in [2.05, 4.69) is 15.3 Å². The van der Waals surface area contributed by atoms with Crippen LogP contribution < -0.4 is 5.32 Å². The van der Waals surface area contributed by atoms with Crippen LogP contribution in [0, 0.1) is 12.8 Å². The quantitative estimate of drug-likeness (QED) is 0.870. The second kappa shape index (κ2) is 5.25. The molecule has 1 N–H and O–H groups in total. The number of Topliss-reactive ketones (excluding diaryl/α,β-unsaturated/α-hetero) is 1. The van der Waals surface area contributed by atoms with Gasteiger partial charge in [0.2, 0.25) is 0 Å². The number of aryl methyl sites for hydroxylation is 1. The maximum atomic E-state index is 11.3. The Morgan fingerprint density at radius 3 is 2.59 bits per heavy atom. The average Bonchev–Trinajstić information content (AvgIpc) is 2.29. The lowest BCUT2D eigenvalue weighted by Gasteiger charge is -2.28. The van der Waals surface area contributed by atoms with Crippen LogP contribution in [0.15, 0.2) is 12.4 Å². The normalized spacial score (nSPS) is 24.4. The molecule has 92 valence electrons. The third-order valence-corrected chi connectivity index (χ3v) is 3.46. The molecule has 0 radical (unpaired) electrons. The summed E-state index contributed by atoms with van der Waals surface area (Å²) in [6, 6.07) is 2.40. The first-order chi connectivity index (χ1) is 8.15. The van der Waals surface area contributed by atoms with Gasteiger partial charge in [-0.3, -0.25) is 4.79 Å². The van der Waals surface area contributed by atoms with Crippen molar-refractivity contribution in [2.75, 3.05) is 5.32 Å². The number of aromatic nitrogens is 2. The zero-order chi connectivity index (χ0) is 12.3. The second-order valence-electron chi connectivity index (χ2n) is 4.85.